The Bertz CT molecular complexity index is 1240. The number of rotatable bonds is 8. The number of ether oxygens (including phenoxy) is 1. The van der Waals surface area contributed by atoms with Crippen LogP contribution in [0.5, 0.6) is 11.5 Å². The van der Waals surface area contributed by atoms with Gasteiger partial charge in [-0.05, 0) is 30.3 Å². The minimum Gasteiger partial charge on any atom is -0.506 e. The fraction of sp³-hybridized carbons (Fsp3) is 0.158. The van der Waals surface area contributed by atoms with Crippen molar-refractivity contribution < 1.29 is 28.0 Å². The third-order valence-electron chi connectivity index (χ3n) is 4.24. The Kier molecular flexibility index (Phi) is 6.20. The molecule has 0 bridgehead atoms. The second kappa shape index (κ2) is 8.83. The maximum atomic E-state index is 12.5. The van der Waals surface area contributed by atoms with E-state index in [1.165, 1.54) is 60.3 Å². The van der Waals surface area contributed by atoms with Gasteiger partial charge in [0.05, 0.1) is 21.3 Å². The van der Waals surface area contributed by atoms with Gasteiger partial charge in [0.1, 0.15) is 5.75 Å². The minimum atomic E-state index is -3.52. The lowest BCUT2D eigenvalue weighted by molar-refractivity contribution is -0.386. The first-order valence-electron chi connectivity index (χ1n) is 8.98. The van der Waals surface area contributed by atoms with Crippen LogP contribution in [-0.4, -0.2) is 39.9 Å². The summed E-state index contributed by atoms with van der Waals surface area (Å²) in [6.07, 6.45) is 1.43. The van der Waals surface area contributed by atoms with Crippen molar-refractivity contribution in [1.82, 2.24) is 9.78 Å². The number of sulfone groups is 1. The van der Waals surface area contributed by atoms with Gasteiger partial charge in [-0.3, -0.25) is 14.9 Å². The van der Waals surface area contributed by atoms with E-state index in [9.17, 15) is 28.4 Å². The topological polar surface area (TPSA) is 154 Å². The van der Waals surface area contributed by atoms with Crippen molar-refractivity contribution in [2.45, 2.75) is 18.6 Å². The number of hydrogen-bond donors (Lipinski definition) is 2. The van der Waals surface area contributed by atoms with E-state index in [0.29, 0.717) is 0 Å². The molecular weight excluding hydrogens is 428 g/mol. The van der Waals surface area contributed by atoms with Crippen molar-refractivity contribution in [3.8, 4) is 11.5 Å². The number of carbonyl (C=O) groups is 1. The fourth-order valence-corrected chi connectivity index (χ4v) is 3.49. The third-order valence-corrected chi connectivity index (χ3v) is 5.98. The molecule has 3 aromatic rings. The second-order valence-electron chi connectivity index (χ2n) is 6.28. The number of aromatic hydroxyl groups is 1. The van der Waals surface area contributed by atoms with Crippen LogP contribution in [0.4, 0.5) is 11.4 Å². The zero-order chi connectivity index (χ0) is 22.6. The number of nitrogens with one attached hydrogen (secondary N) is 1. The molecule has 0 aliphatic rings. The molecule has 0 aliphatic heterocycles. The lowest BCUT2D eigenvalue weighted by atomic mass is 10.3. The number of hydrogen-bond acceptors (Lipinski definition) is 8. The number of carbonyl (C=O) groups excluding carboxylic acids is 1. The molecule has 31 heavy (non-hydrogen) atoms. The molecule has 1 amide bonds. The Balaban J connectivity index is 1.72. The monoisotopic (exact) mass is 446 g/mol. The molecule has 2 aromatic carbocycles. The van der Waals surface area contributed by atoms with E-state index in [2.05, 4.69) is 10.4 Å². The normalized spacial score (nSPS) is 11.1. The van der Waals surface area contributed by atoms with E-state index < -0.39 is 20.7 Å². The summed E-state index contributed by atoms with van der Waals surface area (Å²) in [5.74, 6) is -1.07. The molecule has 2 N–H and O–H groups in total. The van der Waals surface area contributed by atoms with Crippen LogP contribution in [0, 0.1) is 10.1 Å². The highest BCUT2D eigenvalue weighted by molar-refractivity contribution is 7.91. The molecule has 0 aliphatic carbocycles. The summed E-state index contributed by atoms with van der Waals surface area (Å²) in [5, 5.41) is 27.4. The third kappa shape index (κ3) is 4.98. The fourth-order valence-electron chi connectivity index (χ4n) is 2.58. The minimum absolute atomic E-state index is 0.0330. The molecule has 0 saturated heterocycles. The van der Waals surface area contributed by atoms with E-state index in [1.807, 2.05) is 0 Å². The summed E-state index contributed by atoms with van der Waals surface area (Å²) in [6, 6.07) is 10.8. The maximum absolute atomic E-state index is 12.5. The summed E-state index contributed by atoms with van der Waals surface area (Å²) in [4.78, 5) is 22.9. The standard InChI is InChI=1S/C19H18N4O7S/c1-2-31(28,29)13-7-8-17(24)15(11-13)20-19(25)14-9-10-22(21-14)12-30-18-6-4-3-5-16(18)23(26)27/h3-11,24H,2,12H2,1H3,(H,20,25). The van der Waals surface area contributed by atoms with Crippen molar-refractivity contribution in [3.05, 3.63) is 70.5 Å². The predicted molar refractivity (Wildman–Crippen MR) is 110 cm³/mol. The van der Waals surface area contributed by atoms with Crippen LogP contribution in [0.3, 0.4) is 0 Å². The van der Waals surface area contributed by atoms with Crippen LogP contribution in [0.1, 0.15) is 17.4 Å². The Hall–Kier alpha value is -3.93. The molecule has 162 valence electrons. The molecule has 0 atom stereocenters. The predicted octanol–water partition coefficient (Wildman–Crippen LogP) is 2.58. The van der Waals surface area contributed by atoms with E-state index in [1.54, 1.807) is 6.07 Å². The van der Waals surface area contributed by atoms with Crippen molar-refractivity contribution in [1.29, 1.82) is 0 Å². The van der Waals surface area contributed by atoms with Gasteiger partial charge in [0.15, 0.2) is 28.0 Å². The van der Waals surface area contributed by atoms with Crippen molar-refractivity contribution in [2.24, 2.45) is 0 Å². The Labute approximate surface area is 177 Å². The lowest BCUT2D eigenvalue weighted by Crippen LogP contribution is -2.15. The zero-order valence-electron chi connectivity index (χ0n) is 16.3. The SMILES string of the molecule is CCS(=O)(=O)c1ccc(O)c(NC(=O)c2ccn(COc3ccccc3[N+](=O)[O-])n2)c1. The number of nitrogens with zero attached hydrogens (tertiary/aromatic N) is 3. The van der Waals surface area contributed by atoms with Gasteiger partial charge in [0.2, 0.25) is 0 Å². The number of benzene rings is 2. The number of nitro groups is 1. The quantitative estimate of drug-likeness (QED) is 0.304. The van der Waals surface area contributed by atoms with Crippen LogP contribution in [-0.2, 0) is 16.6 Å². The molecule has 3 rings (SSSR count). The van der Waals surface area contributed by atoms with E-state index in [0.717, 1.165) is 0 Å². The molecule has 0 fully saturated rings. The van der Waals surface area contributed by atoms with E-state index in [-0.39, 0.29) is 45.9 Å². The van der Waals surface area contributed by atoms with Gasteiger partial charge in [0.25, 0.3) is 5.91 Å². The number of amides is 1. The summed E-state index contributed by atoms with van der Waals surface area (Å²) in [7, 11) is -3.52. The number of para-hydroxylation sites is 2. The average Bonchev–Trinajstić information content (AvgIpc) is 3.23. The summed E-state index contributed by atoms with van der Waals surface area (Å²) >= 11 is 0. The smallest absolute Gasteiger partial charge is 0.311 e. The Morgan fingerprint density at radius 3 is 2.71 bits per heavy atom. The molecule has 1 heterocycles. The summed E-state index contributed by atoms with van der Waals surface area (Å²) in [6.45, 7) is 1.30. The van der Waals surface area contributed by atoms with Crippen molar-refractivity contribution in [3.63, 3.8) is 0 Å². The number of aromatic nitrogens is 2. The van der Waals surface area contributed by atoms with Gasteiger partial charge in [-0.1, -0.05) is 19.1 Å². The molecule has 1 aromatic heterocycles. The molecule has 11 nitrogen and oxygen atoms in total. The van der Waals surface area contributed by atoms with Gasteiger partial charge in [-0.25, -0.2) is 13.1 Å². The van der Waals surface area contributed by atoms with Crippen LogP contribution in [0.25, 0.3) is 0 Å². The number of phenols is 1. The molecule has 0 spiro atoms. The number of nitro benzene ring substituents is 1. The lowest BCUT2D eigenvalue weighted by Gasteiger charge is -2.09. The first-order valence-corrected chi connectivity index (χ1v) is 10.6. The highest BCUT2D eigenvalue weighted by atomic mass is 32.2. The summed E-state index contributed by atoms with van der Waals surface area (Å²) < 4.78 is 30.7. The Morgan fingerprint density at radius 2 is 2.00 bits per heavy atom. The van der Waals surface area contributed by atoms with Gasteiger partial charge in [0, 0.05) is 12.3 Å². The second-order valence-corrected chi connectivity index (χ2v) is 8.55. The van der Waals surface area contributed by atoms with Gasteiger partial charge in [-0.2, -0.15) is 5.10 Å². The molecule has 0 unspecified atom stereocenters. The van der Waals surface area contributed by atoms with Gasteiger partial charge < -0.3 is 15.2 Å². The summed E-state index contributed by atoms with van der Waals surface area (Å²) in [5.41, 5.74) is -0.315. The van der Waals surface area contributed by atoms with Crippen molar-refractivity contribution >= 4 is 27.1 Å². The highest BCUT2D eigenvalue weighted by Crippen LogP contribution is 2.28. The van der Waals surface area contributed by atoms with E-state index in [4.69, 9.17) is 4.74 Å². The van der Waals surface area contributed by atoms with Crippen LogP contribution in [0.2, 0.25) is 0 Å². The maximum Gasteiger partial charge on any atom is 0.311 e. The van der Waals surface area contributed by atoms with Crippen molar-refractivity contribution in [2.75, 3.05) is 11.1 Å². The Morgan fingerprint density at radius 1 is 1.26 bits per heavy atom. The number of phenolic OH excluding ortho intramolecular Hbond substituents is 1. The van der Waals surface area contributed by atoms with Gasteiger partial charge in [-0.15, -0.1) is 0 Å². The van der Waals surface area contributed by atoms with Crippen LogP contribution >= 0.6 is 0 Å². The van der Waals surface area contributed by atoms with E-state index >= 15 is 0 Å². The molecule has 0 radical (unpaired) electrons. The molecule has 12 heteroatoms. The van der Waals surface area contributed by atoms with Gasteiger partial charge >= 0.3 is 5.69 Å². The largest absolute Gasteiger partial charge is 0.506 e. The zero-order valence-corrected chi connectivity index (χ0v) is 17.1. The van der Waals surface area contributed by atoms with Crippen LogP contribution < -0.4 is 10.1 Å². The highest BCUT2D eigenvalue weighted by Gasteiger charge is 2.18. The van der Waals surface area contributed by atoms with Crippen LogP contribution in [0.15, 0.2) is 59.6 Å². The first-order chi connectivity index (χ1) is 14.7. The first kappa shape index (κ1) is 21.8. The number of anilines is 1. The molecule has 0 saturated carbocycles. The average molecular weight is 446 g/mol. The molecular formula is C19H18N4O7S.